The Morgan fingerprint density at radius 1 is 0.893 bits per heavy atom. The number of piperazine rings is 1. The summed E-state index contributed by atoms with van der Waals surface area (Å²) >= 11 is 0. The Labute approximate surface area is 166 Å². The first-order chi connectivity index (χ1) is 13.6. The van der Waals surface area contributed by atoms with Gasteiger partial charge in [0, 0.05) is 44.0 Å². The van der Waals surface area contributed by atoms with E-state index in [4.69, 9.17) is 0 Å². The molecule has 0 saturated carbocycles. The number of hydrogen-bond acceptors (Lipinski definition) is 4. The van der Waals surface area contributed by atoms with Gasteiger partial charge in [0.1, 0.15) is 0 Å². The Balaban J connectivity index is 1.42. The molecule has 0 atom stereocenters. The molecule has 0 unspecified atom stereocenters. The minimum absolute atomic E-state index is 0.0583. The van der Waals surface area contributed by atoms with Gasteiger partial charge >= 0.3 is 0 Å². The Hall–Kier alpha value is -2.70. The number of hydrogen-bond donors (Lipinski definition) is 2. The fraction of sp³-hybridized carbons (Fsp3) is 0.364. The number of nitrogens with zero attached hydrogens (tertiary/aromatic N) is 2. The van der Waals surface area contributed by atoms with Gasteiger partial charge in [-0.25, -0.2) is 0 Å². The van der Waals surface area contributed by atoms with Crippen molar-refractivity contribution >= 4 is 17.5 Å². The van der Waals surface area contributed by atoms with Crippen molar-refractivity contribution in [2.45, 2.75) is 13.5 Å². The van der Waals surface area contributed by atoms with Gasteiger partial charge in [-0.3, -0.25) is 14.5 Å². The van der Waals surface area contributed by atoms with Crippen LogP contribution < -0.4 is 10.6 Å². The van der Waals surface area contributed by atoms with E-state index in [1.807, 2.05) is 30.3 Å². The minimum atomic E-state index is -0.255. The van der Waals surface area contributed by atoms with E-state index in [0.29, 0.717) is 5.56 Å². The third-order valence-corrected chi connectivity index (χ3v) is 5.00. The van der Waals surface area contributed by atoms with E-state index in [2.05, 4.69) is 27.4 Å². The molecule has 0 aromatic heterocycles. The highest BCUT2D eigenvalue weighted by atomic mass is 16.2. The van der Waals surface area contributed by atoms with Gasteiger partial charge < -0.3 is 15.5 Å². The van der Waals surface area contributed by atoms with Crippen molar-refractivity contribution in [2.75, 3.05) is 44.6 Å². The third-order valence-electron chi connectivity index (χ3n) is 5.00. The topological polar surface area (TPSA) is 64.7 Å². The molecule has 1 aliphatic rings. The lowest BCUT2D eigenvalue weighted by Crippen LogP contribution is -2.45. The standard InChI is InChI=1S/C22H28N4O2/c1-2-25-12-14-26(15-13-25)17-18-8-10-20(11-9-18)24-21(27)16-23-22(28)19-6-4-3-5-7-19/h3-11H,2,12-17H2,1H3,(H,23,28)(H,24,27). The van der Waals surface area contributed by atoms with Crippen molar-refractivity contribution in [1.29, 1.82) is 0 Å². The molecular formula is C22H28N4O2. The molecule has 1 aliphatic heterocycles. The van der Waals surface area contributed by atoms with Crippen molar-refractivity contribution in [3.8, 4) is 0 Å². The molecule has 148 valence electrons. The second kappa shape index (κ2) is 10.0. The van der Waals surface area contributed by atoms with Gasteiger partial charge in [0.15, 0.2) is 0 Å². The van der Waals surface area contributed by atoms with Crippen LogP contribution in [0.3, 0.4) is 0 Å². The molecule has 2 aromatic carbocycles. The molecule has 6 heteroatoms. The summed E-state index contributed by atoms with van der Waals surface area (Å²) in [5.74, 6) is -0.498. The molecule has 0 bridgehead atoms. The molecule has 0 spiro atoms. The summed E-state index contributed by atoms with van der Waals surface area (Å²) in [6, 6.07) is 16.8. The second-order valence-electron chi connectivity index (χ2n) is 7.00. The van der Waals surface area contributed by atoms with E-state index >= 15 is 0 Å². The highest BCUT2D eigenvalue weighted by Crippen LogP contribution is 2.13. The summed E-state index contributed by atoms with van der Waals surface area (Å²) < 4.78 is 0. The predicted octanol–water partition coefficient (Wildman–Crippen LogP) is 2.19. The molecule has 2 N–H and O–H groups in total. The van der Waals surface area contributed by atoms with Crippen LogP contribution in [-0.2, 0) is 11.3 Å². The number of carbonyl (C=O) groups excluding carboxylic acids is 2. The van der Waals surface area contributed by atoms with E-state index in [9.17, 15) is 9.59 Å². The fourth-order valence-corrected chi connectivity index (χ4v) is 3.27. The van der Waals surface area contributed by atoms with Crippen LogP contribution >= 0.6 is 0 Å². The number of carbonyl (C=O) groups is 2. The van der Waals surface area contributed by atoms with Crippen molar-refractivity contribution in [2.24, 2.45) is 0 Å². The Morgan fingerprint density at radius 3 is 2.18 bits per heavy atom. The van der Waals surface area contributed by atoms with Crippen LogP contribution in [0.5, 0.6) is 0 Å². The first-order valence-electron chi connectivity index (χ1n) is 9.81. The fourth-order valence-electron chi connectivity index (χ4n) is 3.27. The van der Waals surface area contributed by atoms with Crippen LogP contribution in [-0.4, -0.2) is 60.9 Å². The maximum atomic E-state index is 12.1. The average molecular weight is 380 g/mol. The van der Waals surface area contributed by atoms with Gasteiger partial charge in [0.25, 0.3) is 5.91 Å². The van der Waals surface area contributed by atoms with Crippen molar-refractivity contribution in [3.05, 3.63) is 65.7 Å². The van der Waals surface area contributed by atoms with Crippen molar-refractivity contribution in [1.82, 2.24) is 15.1 Å². The number of amides is 2. The number of benzene rings is 2. The summed E-state index contributed by atoms with van der Waals surface area (Å²) in [6.45, 7) is 8.62. The highest BCUT2D eigenvalue weighted by Gasteiger charge is 2.15. The predicted molar refractivity (Wildman–Crippen MR) is 111 cm³/mol. The summed E-state index contributed by atoms with van der Waals surface area (Å²) in [5.41, 5.74) is 2.51. The van der Waals surface area contributed by atoms with Crippen LogP contribution in [0, 0.1) is 0 Å². The highest BCUT2D eigenvalue weighted by molar-refractivity contribution is 5.99. The lowest BCUT2D eigenvalue weighted by molar-refractivity contribution is -0.115. The van der Waals surface area contributed by atoms with E-state index in [0.717, 1.165) is 45.0 Å². The van der Waals surface area contributed by atoms with Crippen LogP contribution in [0.2, 0.25) is 0 Å². The Bertz CT molecular complexity index is 769. The van der Waals surface area contributed by atoms with Gasteiger partial charge in [-0.2, -0.15) is 0 Å². The molecule has 2 aromatic rings. The molecular weight excluding hydrogens is 352 g/mol. The van der Waals surface area contributed by atoms with Gasteiger partial charge in [-0.1, -0.05) is 37.3 Å². The number of likely N-dealkylation sites (N-methyl/N-ethyl adjacent to an activating group) is 1. The van der Waals surface area contributed by atoms with Crippen LogP contribution in [0.25, 0.3) is 0 Å². The van der Waals surface area contributed by atoms with E-state index in [-0.39, 0.29) is 18.4 Å². The Kier molecular flexibility index (Phi) is 7.17. The molecule has 3 rings (SSSR count). The molecule has 6 nitrogen and oxygen atoms in total. The molecule has 2 amide bonds. The summed E-state index contributed by atoms with van der Waals surface area (Å²) in [4.78, 5) is 29.0. The largest absolute Gasteiger partial charge is 0.343 e. The lowest BCUT2D eigenvalue weighted by Gasteiger charge is -2.34. The van der Waals surface area contributed by atoms with Crippen LogP contribution in [0.15, 0.2) is 54.6 Å². The van der Waals surface area contributed by atoms with Crippen molar-refractivity contribution in [3.63, 3.8) is 0 Å². The maximum absolute atomic E-state index is 12.1. The number of nitrogens with one attached hydrogen (secondary N) is 2. The van der Waals surface area contributed by atoms with Gasteiger partial charge in [0.2, 0.25) is 5.91 Å². The van der Waals surface area contributed by atoms with E-state index in [1.54, 1.807) is 24.3 Å². The summed E-state index contributed by atoms with van der Waals surface area (Å²) in [7, 11) is 0. The first-order valence-corrected chi connectivity index (χ1v) is 9.81. The zero-order chi connectivity index (χ0) is 19.8. The molecule has 1 fully saturated rings. The normalized spacial score (nSPS) is 15.2. The molecule has 28 heavy (non-hydrogen) atoms. The molecule has 1 heterocycles. The van der Waals surface area contributed by atoms with Crippen LogP contribution in [0.1, 0.15) is 22.8 Å². The third kappa shape index (κ3) is 5.90. The number of rotatable bonds is 7. The number of anilines is 1. The molecule has 0 aliphatic carbocycles. The summed E-state index contributed by atoms with van der Waals surface area (Å²) in [5, 5.41) is 5.45. The Morgan fingerprint density at radius 2 is 1.54 bits per heavy atom. The second-order valence-corrected chi connectivity index (χ2v) is 7.00. The maximum Gasteiger partial charge on any atom is 0.251 e. The molecule has 0 radical (unpaired) electrons. The first kappa shape index (κ1) is 20.0. The monoisotopic (exact) mass is 380 g/mol. The van der Waals surface area contributed by atoms with Gasteiger partial charge in [-0.05, 0) is 36.4 Å². The van der Waals surface area contributed by atoms with Crippen LogP contribution in [0.4, 0.5) is 5.69 Å². The SMILES string of the molecule is CCN1CCN(Cc2ccc(NC(=O)CNC(=O)c3ccccc3)cc2)CC1. The smallest absolute Gasteiger partial charge is 0.251 e. The van der Waals surface area contributed by atoms with E-state index in [1.165, 1.54) is 5.56 Å². The lowest BCUT2D eigenvalue weighted by atomic mass is 10.1. The zero-order valence-electron chi connectivity index (χ0n) is 16.4. The van der Waals surface area contributed by atoms with Gasteiger partial charge in [0.05, 0.1) is 6.54 Å². The van der Waals surface area contributed by atoms with Gasteiger partial charge in [-0.15, -0.1) is 0 Å². The summed E-state index contributed by atoms with van der Waals surface area (Å²) in [6.07, 6.45) is 0. The van der Waals surface area contributed by atoms with E-state index < -0.39 is 0 Å². The van der Waals surface area contributed by atoms with Crippen molar-refractivity contribution < 1.29 is 9.59 Å². The minimum Gasteiger partial charge on any atom is -0.343 e. The molecule has 1 saturated heterocycles. The zero-order valence-corrected chi connectivity index (χ0v) is 16.4. The quantitative estimate of drug-likeness (QED) is 0.773. The average Bonchev–Trinajstić information content (AvgIpc) is 2.74.